The number of piperidine rings is 4. The summed E-state index contributed by atoms with van der Waals surface area (Å²) in [6.07, 6.45) is 6.35. The van der Waals surface area contributed by atoms with Crippen molar-refractivity contribution in [2.75, 3.05) is 26.2 Å². The minimum atomic E-state index is -0.229. The van der Waals surface area contributed by atoms with Gasteiger partial charge < -0.3 is 15.1 Å². The monoisotopic (exact) mass is 449 g/mol. The van der Waals surface area contributed by atoms with Gasteiger partial charge in [0.1, 0.15) is 5.82 Å². The second kappa shape index (κ2) is 9.45. The summed E-state index contributed by atoms with van der Waals surface area (Å²) in [4.78, 5) is 30.5. The molecule has 4 saturated heterocycles. The van der Waals surface area contributed by atoms with Gasteiger partial charge in [0.2, 0.25) is 11.8 Å². The number of likely N-dealkylation sites (tertiary alicyclic amines) is 1. The number of amides is 2. The van der Waals surface area contributed by atoms with Crippen LogP contribution in [0.2, 0.25) is 0 Å². The Labute approximate surface area is 190 Å². The van der Waals surface area contributed by atoms with Crippen molar-refractivity contribution in [1.82, 2.24) is 15.1 Å². The molecule has 31 heavy (non-hydrogen) atoms. The molecule has 4 heterocycles. The lowest BCUT2D eigenvalue weighted by molar-refractivity contribution is -0.157. The zero-order chi connectivity index (χ0) is 20.7. The molecule has 0 aromatic heterocycles. The first-order valence-electron chi connectivity index (χ1n) is 11.7. The van der Waals surface area contributed by atoms with E-state index in [0.717, 1.165) is 63.8 Å². The number of nitrogens with one attached hydrogen (secondary N) is 1. The highest BCUT2D eigenvalue weighted by molar-refractivity contribution is 5.85. The van der Waals surface area contributed by atoms with E-state index >= 15 is 0 Å². The molecule has 5 rings (SSSR count). The van der Waals surface area contributed by atoms with Crippen LogP contribution in [-0.2, 0) is 16.0 Å². The number of carbonyl (C=O) groups is 2. The third kappa shape index (κ3) is 4.47. The Hall–Kier alpha value is -1.66. The molecule has 5 nitrogen and oxygen atoms in total. The van der Waals surface area contributed by atoms with Crippen molar-refractivity contribution in [2.24, 2.45) is 17.8 Å². The zero-order valence-electron chi connectivity index (χ0n) is 18.0. The van der Waals surface area contributed by atoms with Crippen LogP contribution in [-0.4, -0.2) is 59.9 Å². The molecule has 0 radical (unpaired) electrons. The van der Waals surface area contributed by atoms with Crippen LogP contribution in [0.5, 0.6) is 0 Å². The lowest BCUT2D eigenvalue weighted by atomic mass is 9.70. The van der Waals surface area contributed by atoms with Crippen molar-refractivity contribution in [1.29, 1.82) is 0 Å². The van der Waals surface area contributed by atoms with Gasteiger partial charge in [0.25, 0.3) is 0 Å². The summed E-state index contributed by atoms with van der Waals surface area (Å²) in [6, 6.07) is 7.04. The molecule has 0 spiro atoms. The molecule has 0 saturated carbocycles. The summed E-state index contributed by atoms with van der Waals surface area (Å²) in [5, 5.41) is 3.37. The van der Waals surface area contributed by atoms with E-state index in [1.54, 1.807) is 12.1 Å². The molecule has 7 heteroatoms. The molecule has 1 aromatic carbocycles. The van der Waals surface area contributed by atoms with Gasteiger partial charge in [0.05, 0.1) is 5.92 Å². The topological polar surface area (TPSA) is 52.7 Å². The second-order valence-electron chi connectivity index (χ2n) is 9.70. The highest BCUT2D eigenvalue weighted by Crippen LogP contribution is 2.43. The smallest absolute Gasteiger partial charge is 0.226 e. The Morgan fingerprint density at radius 3 is 2.77 bits per heavy atom. The quantitative estimate of drug-likeness (QED) is 0.771. The Morgan fingerprint density at radius 2 is 2.00 bits per heavy atom. The molecule has 1 aromatic rings. The fourth-order valence-corrected chi connectivity index (χ4v) is 6.44. The van der Waals surface area contributed by atoms with Crippen LogP contribution in [0.3, 0.4) is 0 Å². The molecule has 4 aliphatic heterocycles. The number of hydrogen-bond acceptors (Lipinski definition) is 3. The van der Waals surface area contributed by atoms with Crippen LogP contribution in [0.4, 0.5) is 4.39 Å². The van der Waals surface area contributed by atoms with Gasteiger partial charge >= 0.3 is 0 Å². The normalized spacial score (nSPS) is 32.8. The van der Waals surface area contributed by atoms with E-state index < -0.39 is 0 Å². The number of carbonyl (C=O) groups excluding carboxylic acids is 2. The third-order valence-electron chi connectivity index (χ3n) is 7.79. The van der Waals surface area contributed by atoms with Crippen molar-refractivity contribution in [3.63, 3.8) is 0 Å². The van der Waals surface area contributed by atoms with Crippen LogP contribution in [0, 0.1) is 23.6 Å². The summed E-state index contributed by atoms with van der Waals surface area (Å²) in [5.74, 6) is 1.04. The predicted molar refractivity (Wildman–Crippen MR) is 119 cm³/mol. The fraction of sp³-hybridized carbons (Fsp3) is 0.667. The second-order valence-corrected chi connectivity index (χ2v) is 9.70. The lowest BCUT2D eigenvalue weighted by Crippen LogP contribution is -2.66. The molecule has 0 unspecified atom stereocenters. The Bertz CT molecular complexity index is 816. The van der Waals surface area contributed by atoms with Crippen molar-refractivity contribution < 1.29 is 14.0 Å². The van der Waals surface area contributed by atoms with Gasteiger partial charge in [-0.05, 0) is 74.6 Å². The van der Waals surface area contributed by atoms with Gasteiger partial charge in [-0.15, -0.1) is 12.4 Å². The maximum atomic E-state index is 13.8. The van der Waals surface area contributed by atoms with Crippen molar-refractivity contribution >= 4 is 24.2 Å². The SMILES string of the molecule is Cl.O=C([C@@H]1CCCNC1)N1C[C@H]2C[C@@H](C1)[C@H](Cc1cccc(F)c1)N1C(=O)CCC[C@@H]21. The molecule has 4 fully saturated rings. The molecule has 5 atom stereocenters. The van der Waals surface area contributed by atoms with Crippen LogP contribution in [0.25, 0.3) is 0 Å². The summed E-state index contributed by atoms with van der Waals surface area (Å²) in [6.45, 7) is 3.30. The van der Waals surface area contributed by atoms with Crippen molar-refractivity contribution in [3.05, 3.63) is 35.6 Å². The third-order valence-corrected chi connectivity index (χ3v) is 7.79. The molecule has 1 N–H and O–H groups in total. The van der Waals surface area contributed by atoms with Gasteiger partial charge in [0, 0.05) is 38.1 Å². The first-order chi connectivity index (χ1) is 14.6. The van der Waals surface area contributed by atoms with Crippen LogP contribution in [0.1, 0.15) is 44.1 Å². The van der Waals surface area contributed by atoms with Gasteiger partial charge in [0.15, 0.2) is 0 Å². The minimum absolute atomic E-state index is 0. The molecular formula is C24H33ClFN3O2. The van der Waals surface area contributed by atoms with E-state index in [1.165, 1.54) is 6.07 Å². The van der Waals surface area contributed by atoms with Gasteiger partial charge in [-0.2, -0.15) is 0 Å². The number of rotatable bonds is 3. The first kappa shape index (κ1) is 22.5. The summed E-state index contributed by atoms with van der Waals surface area (Å²) in [7, 11) is 0. The number of benzene rings is 1. The summed E-state index contributed by atoms with van der Waals surface area (Å²) in [5.41, 5.74) is 0.940. The first-order valence-corrected chi connectivity index (χ1v) is 11.7. The fourth-order valence-electron chi connectivity index (χ4n) is 6.44. The van der Waals surface area contributed by atoms with Gasteiger partial charge in [-0.1, -0.05) is 12.1 Å². The lowest BCUT2D eigenvalue weighted by Gasteiger charge is -2.57. The van der Waals surface area contributed by atoms with Crippen molar-refractivity contribution in [2.45, 2.75) is 57.0 Å². The minimum Gasteiger partial charge on any atom is -0.342 e. The van der Waals surface area contributed by atoms with Gasteiger partial charge in [-0.3, -0.25) is 9.59 Å². The Morgan fingerprint density at radius 1 is 1.16 bits per heavy atom. The summed E-state index contributed by atoms with van der Waals surface area (Å²) < 4.78 is 13.8. The average Bonchev–Trinajstić information content (AvgIpc) is 2.77. The van der Waals surface area contributed by atoms with E-state index in [1.807, 2.05) is 6.07 Å². The molecule has 4 aliphatic rings. The number of halogens is 2. The Kier molecular flexibility index (Phi) is 6.87. The highest BCUT2D eigenvalue weighted by atomic mass is 35.5. The van der Waals surface area contributed by atoms with E-state index in [4.69, 9.17) is 0 Å². The molecule has 2 bridgehead atoms. The average molecular weight is 450 g/mol. The standard InChI is InChI=1S/C24H32FN3O2.ClH/c25-20-6-1-4-16(10-20)11-22-19-12-18(21-7-2-8-23(29)28(21)22)14-27(15-19)24(30)17-5-3-9-26-13-17;/h1,4,6,10,17-19,21-22,26H,2-3,5,7-9,11-15H2;1H/t17-,18-,19+,21+,22+;/m1./s1. The van der Waals surface area contributed by atoms with Crippen LogP contribution in [0.15, 0.2) is 24.3 Å². The Balaban J connectivity index is 0.00000231. The van der Waals surface area contributed by atoms with E-state index in [0.29, 0.717) is 18.8 Å². The predicted octanol–water partition coefficient (Wildman–Crippen LogP) is 3.02. The van der Waals surface area contributed by atoms with E-state index in [-0.39, 0.29) is 54.0 Å². The van der Waals surface area contributed by atoms with Crippen molar-refractivity contribution in [3.8, 4) is 0 Å². The number of hydrogen-bond donors (Lipinski definition) is 1. The molecule has 170 valence electrons. The van der Waals surface area contributed by atoms with Crippen LogP contribution >= 0.6 is 12.4 Å². The summed E-state index contributed by atoms with van der Waals surface area (Å²) >= 11 is 0. The molecule has 2 amide bonds. The van der Waals surface area contributed by atoms with Gasteiger partial charge in [-0.25, -0.2) is 4.39 Å². The number of nitrogens with zero attached hydrogens (tertiary/aromatic N) is 2. The molecular weight excluding hydrogens is 417 g/mol. The molecule has 0 aliphatic carbocycles. The van der Waals surface area contributed by atoms with Crippen LogP contribution < -0.4 is 5.32 Å². The maximum absolute atomic E-state index is 13.8. The maximum Gasteiger partial charge on any atom is 0.226 e. The highest BCUT2D eigenvalue weighted by Gasteiger charge is 2.50. The van der Waals surface area contributed by atoms with E-state index in [9.17, 15) is 14.0 Å². The largest absolute Gasteiger partial charge is 0.342 e. The zero-order valence-corrected chi connectivity index (χ0v) is 18.8. The van der Waals surface area contributed by atoms with E-state index in [2.05, 4.69) is 15.1 Å². The number of fused-ring (bicyclic) bond motifs is 4.